The second kappa shape index (κ2) is 7.56. The third kappa shape index (κ3) is 4.96. The van der Waals surface area contributed by atoms with Crippen LogP contribution in [0.2, 0.25) is 0 Å². The molecule has 0 amide bonds. The molecule has 96 valence electrons. The largest absolute Gasteiger partial charge is 0.310 e. The molecule has 0 aliphatic rings. The van der Waals surface area contributed by atoms with Gasteiger partial charge in [0.1, 0.15) is 5.82 Å². The molecule has 1 aromatic rings. The van der Waals surface area contributed by atoms with Crippen LogP contribution in [0.4, 0.5) is 4.39 Å². The molecule has 0 spiro atoms. The average Bonchev–Trinajstić information content (AvgIpc) is 2.30. The maximum absolute atomic E-state index is 13.6. The Hall–Kier alpha value is -0.740. The van der Waals surface area contributed by atoms with Gasteiger partial charge in [0, 0.05) is 34.4 Å². The zero-order valence-corrected chi connectivity index (χ0v) is 11.2. The maximum Gasteiger partial charge on any atom is 0.127 e. The van der Waals surface area contributed by atoms with E-state index in [9.17, 15) is 8.60 Å². The zero-order valence-electron chi connectivity index (χ0n) is 10.4. The summed E-state index contributed by atoms with van der Waals surface area (Å²) in [5.74, 6) is 0.534. The van der Waals surface area contributed by atoms with Crippen LogP contribution < -0.4 is 5.32 Å². The van der Waals surface area contributed by atoms with Crippen LogP contribution in [0.1, 0.15) is 31.4 Å². The summed E-state index contributed by atoms with van der Waals surface area (Å²) in [5.41, 5.74) is 0.715. The molecule has 4 heteroatoms. The molecule has 0 bridgehead atoms. The third-order valence-electron chi connectivity index (χ3n) is 2.69. The van der Waals surface area contributed by atoms with Crippen molar-refractivity contribution in [2.45, 2.75) is 25.8 Å². The second-order valence-electron chi connectivity index (χ2n) is 4.07. The number of hydrogen-bond acceptors (Lipinski definition) is 2. The Morgan fingerprint density at radius 2 is 2.12 bits per heavy atom. The van der Waals surface area contributed by atoms with Crippen molar-refractivity contribution < 1.29 is 8.60 Å². The second-order valence-corrected chi connectivity index (χ2v) is 5.62. The van der Waals surface area contributed by atoms with E-state index in [4.69, 9.17) is 0 Å². The van der Waals surface area contributed by atoms with Crippen LogP contribution in [-0.2, 0) is 10.8 Å². The first-order valence-electron chi connectivity index (χ1n) is 5.93. The van der Waals surface area contributed by atoms with Crippen molar-refractivity contribution in [2.24, 2.45) is 0 Å². The number of halogens is 1. The van der Waals surface area contributed by atoms with Crippen molar-refractivity contribution in [2.75, 3.05) is 18.6 Å². The number of benzene rings is 1. The summed E-state index contributed by atoms with van der Waals surface area (Å²) in [5, 5.41) is 3.31. The molecule has 0 saturated heterocycles. The molecule has 2 nitrogen and oxygen atoms in total. The molecular weight excluding hydrogens is 237 g/mol. The number of rotatable bonds is 7. The Bertz CT molecular complexity index is 370. The fourth-order valence-corrected chi connectivity index (χ4v) is 2.33. The highest BCUT2D eigenvalue weighted by Crippen LogP contribution is 2.19. The van der Waals surface area contributed by atoms with Crippen molar-refractivity contribution in [3.05, 3.63) is 35.6 Å². The molecule has 0 saturated carbocycles. The van der Waals surface area contributed by atoms with Crippen LogP contribution >= 0.6 is 0 Å². The molecule has 1 aromatic carbocycles. The highest BCUT2D eigenvalue weighted by Gasteiger charge is 2.12. The standard InChI is InChI=1S/C13H20FNOS/c1-3-13(15-9-6-10-17(2)16)11-7-4-5-8-12(11)14/h4-5,7-8,13,15H,3,6,9-10H2,1-2H3. The van der Waals surface area contributed by atoms with Gasteiger partial charge in [0.05, 0.1) is 0 Å². The first kappa shape index (κ1) is 14.3. The fraction of sp³-hybridized carbons (Fsp3) is 0.538. The Kier molecular flexibility index (Phi) is 6.37. The van der Waals surface area contributed by atoms with E-state index >= 15 is 0 Å². The summed E-state index contributed by atoms with van der Waals surface area (Å²) in [6.45, 7) is 2.80. The highest BCUT2D eigenvalue weighted by molar-refractivity contribution is 7.84. The van der Waals surface area contributed by atoms with Gasteiger partial charge in [-0.1, -0.05) is 25.1 Å². The Morgan fingerprint density at radius 1 is 1.41 bits per heavy atom. The smallest absolute Gasteiger partial charge is 0.127 e. The molecule has 1 N–H and O–H groups in total. The van der Waals surface area contributed by atoms with Crippen LogP contribution in [0, 0.1) is 5.82 Å². The maximum atomic E-state index is 13.6. The SMILES string of the molecule is CCC(NCCCS(C)=O)c1ccccc1F. The molecule has 2 unspecified atom stereocenters. The summed E-state index contributed by atoms with van der Waals surface area (Å²) in [4.78, 5) is 0. The van der Waals surface area contributed by atoms with Crippen molar-refractivity contribution >= 4 is 10.8 Å². The van der Waals surface area contributed by atoms with Gasteiger partial charge in [-0.05, 0) is 25.5 Å². The van der Waals surface area contributed by atoms with Crippen LogP contribution in [0.25, 0.3) is 0 Å². The Morgan fingerprint density at radius 3 is 2.71 bits per heavy atom. The lowest BCUT2D eigenvalue weighted by Gasteiger charge is -2.17. The predicted octanol–water partition coefficient (Wildman–Crippen LogP) is 2.64. The van der Waals surface area contributed by atoms with E-state index in [0.717, 1.165) is 19.4 Å². The third-order valence-corrected chi connectivity index (χ3v) is 3.55. The first-order chi connectivity index (χ1) is 8.15. The predicted molar refractivity (Wildman–Crippen MR) is 71.0 cm³/mol. The van der Waals surface area contributed by atoms with E-state index in [1.165, 1.54) is 6.07 Å². The quantitative estimate of drug-likeness (QED) is 0.761. The molecule has 0 heterocycles. The van der Waals surface area contributed by atoms with Crippen molar-refractivity contribution in [1.29, 1.82) is 0 Å². The molecule has 0 aliphatic heterocycles. The average molecular weight is 257 g/mol. The van der Waals surface area contributed by atoms with E-state index in [1.807, 2.05) is 19.1 Å². The minimum absolute atomic E-state index is 0.0430. The van der Waals surface area contributed by atoms with E-state index in [0.29, 0.717) is 11.3 Å². The van der Waals surface area contributed by atoms with Crippen LogP contribution in [0.5, 0.6) is 0 Å². The molecule has 0 fully saturated rings. The van der Waals surface area contributed by atoms with Crippen molar-refractivity contribution in [3.63, 3.8) is 0 Å². The Labute approximate surface area is 105 Å². The van der Waals surface area contributed by atoms with E-state index in [-0.39, 0.29) is 11.9 Å². The van der Waals surface area contributed by atoms with Crippen LogP contribution in [0.15, 0.2) is 24.3 Å². The zero-order chi connectivity index (χ0) is 12.7. The van der Waals surface area contributed by atoms with Crippen molar-refractivity contribution in [1.82, 2.24) is 5.32 Å². The minimum Gasteiger partial charge on any atom is -0.310 e. The fourth-order valence-electron chi connectivity index (χ4n) is 1.78. The van der Waals surface area contributed by atoms with Gasteiger partial charge in [-0.3, -0.25) is 4.21 Å². The van der Waals surface area contributed by atoms with Gasteiger partial charge in [0.2, 0.25) is 0 Å². The van der Waals surface area contributed by atoms with E-state index in [1.54, 1.807) is 12.3 Å². The molecule has 0 aliphatic carbocycles. The summed E-state index contributed by atoms with van der Waals surface area (Å²) in [6.07, 6.45) is 3.40. The summed E-state index contributed by atoms with van der Waals surface area (Å²) >= 11 is 0. The molecule has 2 atom stereocenters. The topological polar surface area (TPSA) is 29.1 Å². The Balaban J connectivity index is 2.49. The molecule has 0 radical (unpaired) electrons. The van der Waals surface area contributed by atoms with E-state index < -0.39 is 10.8 Å². The van der Waals surface area contributed by atoms with Crippen LogP contribution in [0.3, 0.4) is 0 Å². The summed E-state index contributed by atoms with van der Waals surface area (Å²) in [7, 11) is -0.745. The van der Waals surface area contributed by atoms with Gasteiger partial charge in [-0.15, -0.1) is 0 Å². The lowest BCUT2D eigenvalue weighted by molar-refractivity contribution is 0.489. The number of hydrogen-bond donors (Lipinski definition) is 1. The molecular formula is C13H20FNOS. The first-order valence-corrected chi connectivity index (χ1v) is 7.65. The van der Waals surface area contributed by atoms with Gasteiger partial charge >= 0.3 is 0 Å². The normalized spacial score (nSPS) is 14.5. The van der Waals surface area contributed by atoms with Crippen molar-refractivity contribution in [3.8, 4) is 0 Å². The summed E-state index contributed by atoms with van der Waals surface area (Å²) in [6, 6.07) is 6.90. The van der Waals surface area contributed by atoms with Gasteiger partial charge in [0.25, 0.3) is 0 Å². The van der Waals surface area contributed by atoms with Gasteiger partial charge in [0.15, 0.2) is 0 Å². The molecule has 1 rings (SSSR count). The molecule has 17 heavy (non-hydrogen) atoms. The molecule has 0 aromatic heterocycles. The monoisotopic (exact) mass is 257 g/mol. The highest BCUT2D eigenvalue weighted by atomic mass is 32.2. The lowest BCUT2D eigenvalue weighted by Crippen LogP contribution is -2.23. The van der Waals surface area contributed by atoms with Gasteiger partial charge in [-0.2, -0.15) is 0 Å². The van der Waals surface area contributed by atoms with Gasteiger partial charge < -0.3 is 5.32 Å². The van der Waals surface area contributed by atoms with Crippen LogP contribution in [-0.4, -0.2) is 22.8 Å². The summed E-state index contributed by atoms with van der Waals surface area (Å²) < 4.78 is 24.5. The lowest BCUT2D eigenvalue weighted by atomic mass is 10.0. The minimum atomic E-state index is -0.745. The van der Waals surface area contributed by atoms with E-state index in [2.05, 4.69) is 5.32 Å². The van der Waals surface area contributed by atoms with Gasteiger partial charge in [-0.25, -0.2) is 4.39 Å². The number of nitrogens with one attached hydrogen (secondary N) is 1.